The molecule has 0 aliphatic rings. The minimum absolute atomic E-state index is 0.0361. The molecule has 0 aromatic heterocycles. The maximum absolute atomic E-state index is 13.3. The van der Waals surface area contributed by atoms with Gasteiger partial charge in [0.05, 0.1) is 23.4 Å². The van der Waals surface area contributed by atoms with E-state index in [1.807, 2.05) is 0 Å². The molecule has 1 rings (SSSR count). The van der Waals surface area contributed by atoms with E-state index in [0.717, 1.165) is 19.2 Å². The van der Waals surface area contributed by atoms with Gasteiger partial charge < -0.3 is 9.29 Å². The van der Waals surface area contributed by atoms with Crippen LogP contribution in [0.2, 0.25) is 5.02 Å². The van der Waals surface area contributed by atoms with E-state index in [4.69, 9.17) is 16.2 Å². The van der Waals surface area contributed by atoms with Gasteiger partial charge in [0.2, 0.25) is 0 Å². The molecule has 1 aromatic carbocycles. The summed E-state index contributed by atoms with van der Waals surface area (Å²) in [7, 11) is 1.16. The van der Waals surface area contributed by atoms with Crippen molar-refractivity contribution in [2.24, 2.45) is 0 Å². The molecule has 7 heteroatoms. The first-order chi connectivity index (χ1) is 7.45. The first-order valence-electron chi connectivity index (χ1n) is 4.09. The zero-order chi connectivity index (χ0) is 12.3. The molecule has 1 aromatic rings. The van der Waals surface area contributed by atoms with Crippen LogP contribution in [0.3, 0.4) is 0 Å². The number of hydrogen-bond donors (Lipinski definition) is 1. The first kappa shape index (κ1) is 13.1. The Labute approximate surface area is 98.6 Å². The monoisotopic (exact) mass is 266 g/mol. The molecule has 0 aliphatic heterocycles. The normalized spacial score (nSPS) is 12.2. The predicted molar refractivity (Wildman–Crippen MR) is 57.2 cm³/mol. The largest absolute Gasteiger partial charge is 0.465 e. The van der Waals surface area contributed by atoms with Gasteiger partial charge in [0.25, 0.3) is 0 Å². The highest BCUT2D eigenvalue weighted by Gasteiger charge is 2.16. The summed E-state index contributed by atoms with van der Waals surface area (Å²) < 4.78 is 36.9. The molecular weight excluding hydrogens is 259 g/mol. The van der Waals surface area contributed by atoms with Crippen molar-refractivity contribution in [2.45, 2.75) is 5.75 Å². The molecule has 0 spiro atoms. The molecule has 0 heterocycles. The fourth-order valence-electron chi connectivity index (χ4n) is 1.10. The lowest BCUT2D eigenvalue weighted by Crippen LogP contribution is -2.06. The van der Waals surface area contributed by atoms with E-state index in [1.54, 1.807) is 0 Å². The Morgan fingerprint density at radius 2 is 2.25 bits per heavy atom. The van der Waals surface area contributed by atoms with Gasteiger partial charge in [-0.2, -0.15) is 0 Å². The molecule has 1 unspecified atom stereocenters. The second-order valence-electron chi connectivity index (χ2n) is 2.88. The van der Waals surface area contributed by atoms with Crippen LogP contribution in [0.15, 0.2) is 12.1 Å². The summed E-state index contributed by atoms with van der Waals surface area (Å²) in [6.07, 6.45) is 0. The fourth-order valence-corrected chi connectivity index (χ4v) is 1.82. The van der Waals surface area contributed by atoms with Gasteiger partial charge in [-0.1, -0.05) is 11.6 Å². The molecule has 4 nitrogen and oxygen atoms in total. The van der Waals surface area contributed by atoms with Crippen molar-refractivity contribution in [3.63, 3.8) is 0 Å². The standard InChI is InChI=1S/C9H8ClFO4S/c1-15-9(12)6-2-5(4-16(13)14)8(11)3-7(6)10/h2-3H,4H2,1H3,(H,13,14). The smallest absolute Gasteiger partial charge is 0.339 e. The molecule has 0 bridgehead atoms. The number of carbonyl (C=O) groups is 1. The van der Waals surface area contributed by atoms with Crippen LogP contribution >= 0.6 is 11.6 Å². The fraction of sp³-hybridized carbons (Fsp3) is 0.222. The van der Waals surface area contributed by atoms with Crippen LogP contribution in [0.4, 0.5) is 4.39 Å². The van der Waals surface area contributed by atoms with E-state index in [-0.39, 0.29) is 16.1 Å². The molecule has 0 radical (unpaired) electrons. The zero-order valence-corrected chi connectivity index (χ0v) is 9.77. The number of ether oxygens (including phenoxy) is 1. The number of halogens is 2. The van der Waals surface area contributed by atoms with E-state index in [1.165, 1.54) is 0 Å². The van der Waals surface area contributed by atoms with Crippen molar-refractivity contribution in [3.05, 3.63) is 34.1 Å². The number of hydrogen-bond acceptors (Lipinski definition) is 3. The van der Waals surface area contributed by atoms with Crippen LogP contribution < -0.4 is 0 Å². The molecule has 16 heavy (non-hydrogen) atoms. The van der Waals surface area contributed by atoms with E-state index < -0.39 is 28.6 Å². The van der Waals surface area contributed by atoms with Gasteiger partial charge in [-0.3, -0.25) is 0 Å². The highest BCUT2D eigenvalue weighted by Crippen LogP contribution is 2.22. The van der Waals surface area contributed by atoms with Gasteiger partial charge in [-0.25, -0.2) is 13.4 Å². The number of carbonyl (C=O) groups excluding carboxylic acids is 1. The zero-order valence-electron chi connectivity index (χ0n) is 8.20. The summed E-state index contributed by atoms with van der Waals surface area (Å²) in [5.41, 5.74) is -0.100. The third kappa shape index (κ3) is 3.01. The van der Waals surface area contributed by atoms with Gasteiger partial charge in [0.1, 0.15) is 5.82 Å². The highest BCUT2D eigenvalue weighted by atomic mass is 35.5. The molecule has 88 valence electrons. The van der Waals surface area contributed by atoms with Gasteiger partial charge >= 0.3 is 5.97 Å². The Balaban J connectivity index is 3.21. The summed E-state index contributed by atoms with van der Waals surface area (Å²) in [6, 6.07) is 2.02. The lowest BCUT2D eigenvalue weighted by atomic mass is 10.1. The number of benzene rings is 1. The summed E-state index contributed by atoms with van der Waals surface area (Å²) in [4.78, 5) is 11.2. The van der Waals surface area contributed by atoms with Crippen LogP contribution in [-0.4, -0.2) is 21.8 Å². The average Bonchev–Trinajstić information content (AvgIpc) is 2.20. The Bertz CT molecular complexity index is 449. The van der Waals surface area contributed by atoms with Gasteiger partial charge in [-0.15, -0.1) is 0 Å². The van der Waals surface area contributed by atoms with E-state index in [9.17, 15) is 13.4 Å². The Morgan fingerprint density at radius 3 is 2.75 bits per heavy atom. The second kappa shape index (κ2) is 5.38. The highest BCUT2D eigenvalue weighted by molar-refractivity contribution is 7.78. The molecule has 0 aliphatic carbocycles. The Kier molecular flexibility index (Phi) is 4.40. The first-order valence-corrected chi connectivity index (χ1v) is 5.74. The van der Waals surface area contributed by atoms with E-state index in [0.29, 0.717) is 0 Å². The lowest BCUT2D eigenvalue weighted by molar-refractivity contribution is 0.0600. The van der Waals surface area contributed by atoms with Crippen molar-refractivity contribution in [3.8, 4) is 0 Å². The van der Waals surface area contributed by atoms with Crippen LogP contribution in [-0.2, 0) is 21.6 Å². The Hall–Kier alpha value is -0.980. The van der Waals surface area contributed by atoms with Crippen molar-refractivity contribution >= 4 is 28.7 Å². The summed E-state index contributed by atoms with van der Waals surface area (Å²) in [5, 5.41) is -0.100. The minimum Gasteiger partial charge on any atom is -0.465 e. The molecule has 1 atom stereocenters. The number of rotatable bonds is 3. The van der Waals surface area contributed by atoms with Crippen molar-refractivity contribution < 1.29 is 22.7 Å². The molecule has 0 fully saturated rings. The topological polar surface area (TPSA) is 63.6 Å². The quantitative estimate of drug-likeness (QED) is 0.671. The van der Waals surface area contributed by atoms with Crippen molar-refractivity contribution in [1.82, 2.24) is 0 Å². The van der Waals surface area contributed by atoms with Gasteiger partial charge in [0, 0.05) is 5.56 Å². The van der Waals surface area contributed by atoms with Gasteiger partial charge in [0.15, 0.2) is 11.1 Å². The Morgan fingerprint density at radius 1 is 1.62 bits per heavy atom. The number of methoxy groups -OCH3 is 1. The molecule has 1 N–H and O–H groups in total. The van der Waals surface area contributed by atoms with Crippen molar-refractivity contribution in [1.29, 1.82) is 0 Å². The summed E-state index contributed by atoms with van der Waals surface area (Å²) in [6.45, 7) is 0. The van der Waals surface area contributed by atoms with Crippen LogP contribution in [0.1, 0.15) is 15.9 Å². The van der Waals surface area contributed by atoms with Crippen LogP contribution in [0, 0.1) is 5.82 Å². The minimum atomic E-state index is -2.19. The predicted octanol–water partition coefficient (Wildman–Crippen LogP) is 1.99. The van der Waals surface area contributed by atoms with Crippen molar-refractivity contribution in [2.75, 3.05) is 7.11 Å². The molecule has 0 amide bonds. The third-order valence-electron chi connectivity index (χ3n) is 1.82. The maximum atomic E-state index is 13.3. The number of esters is 1. The van der Waals surface area contributed by atoms with E-state index >= 15 is 0 Å². The second-order valence-corrected chi connectivity index (χ2v) is 4.22. The van der Waals surface area contributed by atoms with Gasteiger partial charge in [-0.05, 0) is 12.1 Å². The maximum Gasteiger partial charge on any atom is 0.339 e. The lowest BCUT2D eigenvalue weighted by Gasteiger charge is -2.06. The van der Waals surface area contributed by atoms with Crippen LogP contribution in [0.25, 0.3) is 0 Å². The average molecular weight is 267 g/mol. The molecular formula is C9H8ClFO4S. The van der Waals surface area contributed by atoms with Crippen LogP contribution in [0.5, 0.6) is 0 Å². The summed E-state index contributed by atoms with van der Waals surface area (Å²) >= 11 is 3.44. The molecule has 0 saturated heterocycles. The summed E-state index contributed by atoms with van der Waals surface area (Å²) in [5.74, 6) is -1.87. The molecule has 0 saturated carbocycles. The SMILES string of the molecule is COC(=O)c1cc(CS(=O)O)c(F)cc1Cl. The van der Waals surface area contributed by atoms with E-state index in [2.05, 4.69) is 4.74 Å². The third-order valence-corrected chi connectivity index (χ3v) is 2.69.